The third-order valence-corrected chi connectivity index (χ3v) is 4.68. The highest BCUT2D eigenvalue weighted by molar-refractivity contribution is 5.94. The Morgan fingerprint density at radius 1 is 1.14 bits per heavy atom. The van der Waals surface area contributed by atoms with Crippen molar-refractivity contribution in [1.82, 2.24) is 10.2 Å². The van der Waals surface area contributed by atoms with Crippen LogP contribution in [0.1, 0.15) is 21.7 Å². The number of piperazine rings is 1. The Hall–Kier alpha value is -2.81. The normalized spacial score (nSPS) is 15.5. The average molecular weight is 396 g/mol. The van der Waals surface area contributed by atoms with Crippen molar-refractivity contribution in [3.8, 4) is 0 Å². The molecule has 1 fully saturated rings. The first kappa shape index (κ1) is 19.9. The average Bonchev–Trinajstić information content (AvgIpc) is 3.21. The van der Waals surface area contributed by atoms with E-state index in [0.29, 0.717) is 38.3 Å². The van der Waals surface area contributed by atoms with Gasteiger partial charge in [0.05, 0.1) is 44.6 Å². The summed E-state index contributed by atoms with van der Waals surface area (Å²) in [4.78, 5) is 26.8. The van der Waals surface area contributed by atoms with Crippen LogP contribution >= 0.6 is 0 Å². The summed E-state index contributed by atoms with van der Waals surface area (Å²) in [6, 6.07) is 8.43. The van der Waals surface area contributed by atoms with Crippen molar-refractivity contribution in [2.45, 2.75) is 12.7 Å². The van der Waals surface area contributed by atoms with Crippen LogP contribution in [0.15, 0.2) is 47.1 Å². The van der Waals surface area contributed by atoms with E-state index in [1.165, 1.54) is 24.5 Å². The molecule has 9 heteroatoms. The van der Waals surface area contributed by atoms with Crippen molar-refractivity contribution in [3.05, 3.63) is 59.5 Å². The molecule has 0 bridgehead atoms. The van der Waals surface area contributed by atoms with Crippen LogP contribution in [0.5, 0.6) is 0 Å². The van der Waals surface area contributed by atoms with Crippen LogP contribution in [0.3, 0.4) is 0 Å². The molecule has 0 radical (unpaired) electrons. The molecule has 1 saturated heterocycles. The molecule has 0 saturated carbocycles. The lowest BCUT2D eigenvalue weighted by atomic mass is 10.1. The molecule has 1 aromatic carbocycles. The van der Waals surface area contributed by atoms with E-state index in [9.17, 15) is 22.8 Å². The van der Waals surface area contributed by atoms with Crippen molar-refractivity contribution in [3.63, 3.8) is 0 Å². The summed E-state index contributed by atoms with van der Waals surface area (Å²) in [7, 11) is 0. The van der Waals surface area contributed by atoms with Gasteiger partial charge in [-0.25, -0.2) is 0 Å². The standard InChI is InChI=1S/C19H20F3N3O3/c20-19(21,22)15-4-1-3-14(11-15)13-24-6-8-25(9-7-24)17(26)12-23-18(27)16-5-2-10-28-16/h1-5,10-11H,6-9,12-13H2,(H,23,27)/p+1. The van der Waals surface area contributed by atoms with Crippen molar-refractivity contribution in [2.75, 3.05) is 32.7 Å². The lowest BCUT2D eigenvalue weighted by Gasteiger charge is -2.32. The van der Waals surface area contributed by atoms with E-state index < -0.39 is 17.6 Å². The molecule has 150 valence electrons. The van der Waals surface area contributed by atoms with Gasteiger partial charge in [-0.15, -0.1) is 0 Å². The van der Waals surface area contributed by atoms with Crippen LogP contribution in [0, 0.1) is 0 Å². The Labute approximate surface area is 159 Å². The number of benzene rings is 1. The number of amides is 2. The number of nitrogens with one attached hydrogen (secondary N) is 2. The molecular formula is C19H21F3N3O3+. The quantitative estimate of drug-likeness (QED) is 0.791. The summed E-state index contributed by atoms with van der Waals surface area (Å²) in [5.74, 6) is -0.506. The molecule has 2 heterocycles. The molecule has 6 nitrogen and oxygen atoms in total. The van der Waals surface area contributed by atoms with E-state index in [1.807, 2.05) is 0 Å². The summed E-state index contributed by atoms with van der Waals surface area (Å²) < 4.78 is 43.4. The number of hydrogen-bond donors (Lipinski definition) is 2. The highest BCUT2D eigenvalue weighted by Gasteiger charge is 2.31. The van der Waals surface area contributed by atoms with Crippen molar-refractivity contribution >= 4 is 11.8 Å². The van der Waals surface area contributed by atoms with Gasteiger partial charge in [0.1, 0.15) is 6.54 Å². The smallest absolute Gasteiger partial charge is 0.416 e. The summed E-state index contributed by atoms with van der Waals surface area (Å²) in [5, 5.41) is 2.52. The number of alkyl halides is 3. The first-order valence-corrected chi connectivity index (χ1v) is 8.92. The summed E-state index contributed by atoms with van der Waals surface area (Å²) >= 11 is 0. The zero-order valence-electron chi connectivity index (χ0n) is 15.1. The minimum absolute atomic E-state index is 0.123. The van der Waals surface area contributed by atoms with Gasteiger partial charge < -0.3 is 19.5 Å². The molecule has 2 aromatic rings. The second kappa shape index (κ2) is 8.47. The number of quaternary nitrogens is 1. The number of furan rings is 1. The zero-order valence-corrected chi connectivity index (χ0v) is 15.1. The fourth-order valence-corrected chi connectivity index (χ4v) is 3.16. The Morgan fingerprint density at radius 3 is 2.54 bits per heavy atom. The third kappa shape index (κ3) is 5.13. The SMILES string of the molecule is O=C(NCC(=O)N1CC[NH+](Cc2cccc(C(F)(F)F)c2)CC1)c1ccco1. The van der Waals surface area contributed by atoms with E-state index >= 15 is 0 Å². The summed E-state index contributed by atoms with van der Waals surface area (Å²) in [5.41, 5.74) is -0.0270. The van der Waals surface area contributed by atoms with Crippen LogP contribution in [0.25, 0.3) is 0 Å². The van der Waals surface area contributed by atoms with Crippen LogP contribution in [-0.4, -0.2) is 49.4 Å². The number of carbonyl (C=O) groups excluding carboxylic acids is 2. The van der Waals surface area contributed by atoms with Gasteiger partial charge in [0, 0.05) is 5.56 Å². The van der Waals surface area contributed by atoms with E-state index in [-0.39, 0.29) is 18.2 Å². The number of rotatable bonds is 5. The van der Waals surface area contributed by atoms with E-state index in [1.54, 1.807) is 17.0 Å². The highest BCUT2D eigenvalue weighted by Crippen LogP contribution is 2.29. The second-order valence-corrected chi connectivity index (χ2v) is 6.67. The van der Waals surface area contributed by atoms with Crippen LogP contribution in [-0.2, 0) is 17.5 Å². The largest absolute Gasteiger partial charge is 0.459 e. The van der Waals surface area contributed by atoms with Crippen molar-refractivity contribution < 1.29 is 32.1 Å². The lowest BCUT2D eigenvalue weighted by molar-refractivity contribution is -0.917. The number of halogens is 3. The Morgan fingerprint density at radius 2 is 1.89 bits per heavy atom. The maximum atomic E-state index is 12.8. The molecule has 0 unspecified atom stereocenters. The number of carbonyl (C=O) groups is 2. The Bertz CT molecular complexity index is 813. The van der Waals surface area contributed by atoms with Gasteiger partial charge in [0.25, 0.3) is 5.91 Å². The van der Waals surface area contributed by atoms with Crippen LogP contribution in [0.2, 0.25) is 0 Å². The topological polar surface area (TPSA) is 67.0 Å². The van der Waals surface area contributed by atoms with Gasteiger partial charge in [0.2, 0.25) is 5.91 Å². The first-order chi connectivity index (χ1) is 13.3. The van der Waals surface area contributed by atoms with E-state index in [0.717, 1.165) is 11.0 Å². The second-order valence-electron chi connectivity index (χ2n) is 6.67. The van der Waals surface area contributed by atoms with Gasteiger partial charge in [0.15, 0.2) is 5.76 Å². The number of nitrogens with zero attached hydrogens (tertiary/aromatic N) is 1. The highest BCUT2D eigenvalue weighted by atomic mass is 19.4. The molecule has 0 aliphatic carbocycles. The van der Waals surface area contributed by atoms with Crippen molar-refractivity contribution in [1.29, 1.82) is 0 Å². The zero-order chi connectivity index (χ0) is 20.1. The maximum absolute atomic E-state index is 12.8. The minimum atomic E-state index is -4.35. The first-order valence-electron chi connectivity index (χ1n) is 8.92. The van der Waals surface area contributed by atoms with Crippen LogP contribution in [0.4, 0.5) is 13.2 Å². The fourth-order valence-electron chi connectivity index (χ4n) is 3.16. The van der Waals surface area contributed by atoms with E-state index in [2.05, 4.69) is 5.32 Å². The summed E-state index contributed by atoms with van der Waals surface area (Å²) in [6.45, 7) is 2.60. The molecule has 1 aliphatic rings. The minimum Gasteiger partial charge on any atom is -0.459 e. The van der Waals surface area contributed by atoms with Gasteiger partial charge in [-0.05, 0) is 24.3 Å². The van der Waals surface area contributed by atoms with Gasteiger partial charge in [-0.1, -0.05) is 12.1 Å². The molecular weight excluding hydrogens is 375 g/mol. The Kier molecular flexibility index (Phi) is 6.03. The van der Waals surface area contributed by atoms with Gasteiger partial charge >= 0.3 is 6.18 Å². The molecule has 2 amide bonds. The molecule has 1 aromatic heterocycles. The van der Waals surface area contributed by atoms with Crippen LogP contribution < -0.4 is 10.2 Å². The molecule has 1 aliphatic heterocycles. The molecule has 3 rings (SSSR count). The monoisotopic (exact) mass is 396 g/mol. The maximum Gasteiger partial charge on any atom is 0.416 e. The fraction of sp³-hybridized carbons (Fsp3) is 0.368. The predicted octanol–water partition coefficient (Wildman–Crippen LogP) is 0.956. The molecule has 0 atom stereocenters. The van der Waals surface area contributed by atoms with Gasteiger partial charge in [-0.2, -0.15) is 13.2 Å². The van der Waals surface area contributed by atoms with E-state index in [4.69, 9.17) is 4.42 Å². The third-order valence-electron chi connectivity index (χ3n) is 4.68. The molecule has 2 N–H and O–H groups in total. The Balaban J connectivity index is 1.45. The number of hydrogen-bond acceptors (Lipinski definition) is 3. The van der Waals surface area contributed by atoms with Crippen molar-refractivity contribution in [2.24, 2.45) is 0 Å². The summed E-state index contributed by atoms with van der Waals surface area (Å²) in [6.07, 6.45) is -2.97. The van der Waals surface area contributed by atoms with Gasteiger partial charge in [-0.3, -0.25) is 9.59 Å². The lowest BCUT2D eigenvalue weighted by Crippen LogP contribution is -3.13. The molecule has 28 heavy (non-hydrogen) atoms. The predicted molar refractivity (Wildman–Crippen MR) is 93.5 cm³/mol. The molecule has 0 spiro atoms.